The first kappa shape index (κ1) is 16.1. The molecule has 0 radical (unpaired) electrons. The van der Waals surface area contributed by atoms with Gasteiger partial charge >= 0.3 is 0 Å². The summed E-state index contributed by atoms with van der Waals surface area (Å²) in [4.78, 5) is 2.39. The molecule has 1 unspecified atom stereocenters. The van der Waals surface area contributed by atoms with Gasteiger partial charge in [-0.2, -0.15) is 4.31 Å². The maximum absolute atomic E-state index is 12.7. The van der Waals surface area contributed by atoms with E-state index in [4.69, 9.17) is 9.47 Å². The van der Waals surface area contributed by atoms with Gasteiger partial charge in [0.15, 0.2) is 11.5 Å². The second-order valence-corrected chi connectivity index (χ2v) is 7.15. The molecule has 2 rings (SSSR count). The van der Waals surface area contributed by atoms with Crippen LogP contribution in [0.15, 0.2) is 23.1 Å². The lowest BCUT2D eigenvalue weighted by Gasteiger charge is -2.36. The fraction of sp³-hybridized carbons (Fsp3) is 0.571. The molecule has 0 aliphatic carbocycles. The van der Waals surface area contributed by atoms with Crippen molar-refractivity contribution in [2.24, 2.45) is 0 Å². The van der Waals surface area contributed by atoms with E-state index in [1.54, 1.807) is 12.1 Å². The number of sulfonamides is 1. The van der Waals surface area contributed by atoms with Gasteiger partial charge in [-0.25, -0.2) is 8.42 Å². The highest BCUT2D eigenvalue weighted by Crippen LogP contribution is 2.31. The monoisotopic (exact) mass is 314 g/mol. The van der Waals surface area contributed by atoms with E-state index in [-0.39, 0.29) is 10.9 Å². The third kappa shape index (κ3) is 3.14. The summed E-state index contributed by atoms with van der Waals surface area (Å²) in [7, 11) is 1.51. The number of ether oxygens (including phenoxy) is 2. The number of likely N-dealkylation sites (N-methyl/N-ethyl adjacent to an activating group) is 1. The van der Waals surface area contributed by atoms with Crippen molar-refractivity contribution >= 4 is 10.0 Å². The second-order valence-electron chi connectivity index (χ2n) is 5.21. The molecule has 0 bridgehead atoms. The highest BCUT2D eigenvalue weighted by molar-refractivity contribution is 7.89. The molecule has 0 amide bonds. The zero-order chi connectivity index (χ0) is 15.6. The third-order valence-corrected chi connectivity index (χ3v) is 5.78. The Labute approximate surface area is 126 Å². The van der Waals surface area contributed by atoms with Gasteiger partial charge in [0.1, 0.15) is 0 Å². The maximum Gasteiger partial charge on any atom is 0.243 e. The van der Waals surface area contributed by atoms with E-state index in [0.29, 0.717) is 24.6 Å². The summed E-state index contributed by atoms with van der Waals surface area (Å²) in [6.07, 6.45) is 0. The maximum atomic E-state index is 12.7. The van der Waals surface area contributed by atoms with Crippen molar-refractivity contribution in [1.82, 2.24) is 9.21 Å². The summed E-state index contributed by atoms with van der Waals surface area (Å²) in [5, 5.41) is 0. The van der Waals surface area contributed by atoms with Crippen molar-refractivity contribution < 1.29 is 17.9 Å². The highest BCUT2D eigenvalue weighted by Gasteiger charge is 2.31. The lowest BCUT2D eigenvalue weighted by atomic mass is 10.2. The van der Waals surface area contributed by atoms with Crippen LogP contribution < -0.4 is 9.47 Å². The van der Waals surface area contributed by atoms with Gasteiger partial charge in [-0.15, -0.1) is 0 Å². The summed E-state index contributed by atoms with van der Waals surface area (Å²) in [6, 6.07) is 4.89. The van der Waals surface area contributed by atoms with Crippen LogP contribution in [-0.4, -0.2) is 64.6 Å². The van der Waals surface area contributed by atoms with E-state index in [0.717, 1.165) is 6.54 Å². The first-order chi connectivity index (χ1) is 9.90. The number of benzene rings is 1. The molecule has 1 heterocycles. The van der Waals surface area contributed by atoms with Gasteiger partial charge in [0.25, 0.3) is 0 Å². The predicted molar refractivity (Wildman–Crippen MR) is 80.4 cm³/mol. The van der Waals surface area contributed by atoms with Crippen LogP contribution >= 0.6 is 0 Å². The van der Waals surface area contributed by atoms with E-state index in [2.05, 4.69) is 4.90 Å². The molecule has 7 heteroatoms. The Hall–Kier alpha value is -1.31. The van der Waals surface area contributed by atoms with Crippen LogP contribution in [0.3, 0.4) is 0 Å². The first-order valence-corrected chi connectivity index (χ1v) is 8.26. The molecule has 1 atom stereocenters. The number of methoxy groups -OCH3 is 2. The van der Waals surface area contributed by atoms with Crippen LogP contribution in [-0.2, 0) is 10.0 Å². The number of hydrogen-bond donors (Lipinski definition) is 0. The molecule has 1 aliphatic rings. The minimum atomic E-state index is -3.50. The molecule has 1 aromatic rings. The summed E-state index contributed by atoms with van der Waals surface area (Å²) >= 11 is 0. The van der Waals surface area contributed by atoms with Crippen LogP contribution in [0.4, 0.5) is 0 Å². The van der Waals surface area contributed by atoms with Crippen LogP contribution in [0.5, 0.6) is 11.5 Å². The molecule has 0 aromatic heterocycles. The van der Waals surface area contributed by atoms with Crippen molar-refractivity contribution in [3.63, 3.8) is 0 Å². The summed E-state index contributed by atoms with van der Waals surface area (Å²) < 4.78 is 37.3. The Morgan fingerprint density at radius 1 is 1.14 bits per heavy atom. The van der Waals surface area contributed by atoms with Crippen molar-refractivity contribution in [3.05, 3.63) is 18.2 Å². The lowest BCUT2D eigenvalue weighted by molar-refractivity contribution is 0.159. The number of hydrogen-bond acceptors (Lipinski definition) is 5. The van der Waals surface area contributed by atoms with Crippen molar-refractivity contribution in [2.45, 2.75) is 17.9 Å². The van der Waals surface area contributed by atoms with Crippen LogP contribution in [0.2, 0.25) is 0 Å². The molecule has 118 valence electrons. The topological polar surface area (TPSA) is 59.1 Å². The van der Waals surface area contributed by atoms with Crippen LogP contribution in [0, 0.1) is 0 Å². The standard InChI is InChI=1S/C14H22N2O4S/c1-11-10-16(8-7-15(11)2)21(17,18)12-5-6-13(19-3)14(9-12)20-4/h5-6,9,11H,7-8,10H2,1-4H3. The van der Waals surface area contributed by atoms with Gasteiger partial charge in [0, 0.05) is 31.7 Å². The van der Waals surface area contributed by atoms with Gasteiger partial charge in [0.2, 0.25) is 10.0 Å². The minimum absolute atomic E-state index is 0.202. The summed E-state index contributed by atoms with van der Waals surface area (Å²) in [6.45, 7) is 3.74. The molecular weight excluding hydrogens is 292 g/mol. The van der Waals surface area contributed by atoms with Crippen LogP contribution in [0.1, 0.15) is 6.92 Å². The Balaban J connectivity index is 2.31. The van der Waals surface area contributed by atoms with Gasteiger partial charge in [0.05, 0.1) is 19.1 Å². The fourth-order valence-corrected chi connectivity index (χ4v) is 3.89. The quantitative estimate of drug-likeness (QED) is 0.831. The third-order valence-electron chi connectivity index (χ3n) is 3.92. The zero-order valence-electron chi connectivity index (χ0n) is 12.9. The number of rotatable bonds is 4. The second kappa shape index (κ2) is 6.21. The van der Waals surface area contributed by atoms with Gasteiger partial charge in [-0.1, -0.05) is 0 Å². The normalized spacial score (nSPS) is 21.2. The molecule has 6 nitrogen and oxygen atoms in total. The van der Waals surface area contributed by atoms with E-state index < -0.39 is 10.0 Å². The molecule has 1 saturated heterocycles. The molecule has 0 N–H and O–H groups in total. The average molecular weight is 314 g/mol. The molecular formula is C14H22N2O4S. The molecule has 21 heavy (non-hydrogen) atoms. The van der Waals surface area contributed by atoms with E-state index >= 15 is 0 Å². The molecule has 0 spiro atoms. The van der Waals surface area contributed by atoms with Crippen LogP contribution in [0.25, 0.3) is 0 Å². The number of piperazine rings is 1. The molecule has 1 aromatic carbocycles. The Morgan fingerprint density at radius 2 is 1.81 bits per heavy atom. The Morgan fingerprint density at radius 3 is 2.38 bits per heavy atom. The van der Waals surface area contributed by atoms with Gasteiger partial charge < -0.3 is 14.4 Å². The van der Waals surface area contributed by atoms with E-state index in [1.165, 1.54) is 24.6 Å². The highest BCUT2D eigenvalue weighted by atomic mass is 32.2. The van der Waals surface area contributed by atoms with E-state index in [1.807, 2.05) is 14.0 Å². The average Bonchev–Trinajstić information content (AvgIpc) is 2.49. The lowest BCUT2D eigenvalue weighted by Crippen LogP contribution is -2.51. The predicted octanol–water partition coefficient (Wildman–Crippen LogP) is 1.03. The van der Waals surface area contributed by atoms with Gasteiger partial charge in [-0.3, -0.25) is 0 Å². The van der Waals surface area contributed by atoms with Crippen molar-refractivity contribution in [3.8, 4) is 11.5 Å². The smallest absolute Gasteiger partial charge is 0.243 e. The first-order valence-electron chi connectivity index (χ1n) is 6.82. The Bertz CT molecular complexity index is 603. The molecule has 0 saturated carbocycles. The Kier molecular flexibility index (Phi) is 4.75. The molecule has 1 fully saturated rings. The summed E-state index contributed by atoms with van der Waals surface area (Å²) in [5.41, 5.74) is 0. The fourth-order valence-electron chi connectivity index (χ4n) is 2.36. The van der Waals surface area contributed by atoms with Crippen molar-refractivity contribution in [2.75, 3.05) is 40.9 Å². The van der Waals surface area contributed by atoms with Gasteiger partial charge in [-0.05, 0) is 26.1 Å². The SMILES string of the molecule is COc1ccc(S(=O)(=O)N2CCN(C)C(C)C2)cc1OC. The minimum Gasteiger partial charge on any atom is -0.493 e. The molecule has 1 aliphatic heterocycles. The van der Waals surface area contributed by atoms with E-state index in [9.17, 15) is 8.42 Å². The largest absolute Gasteiger partial charge is 0.493 e. The zero-order valence-corrected chi connectivity index (χ0v) is 13.7. The summed E-state index contributed by atoms with van der Waals surface area (Å²) in [5.74, 6) is 0.934. The number of nitrogens with zero attached hydrogens (tertiary/aromatic N) is 2. The van der Waals surface area contributed by atoms with Crippen molar-refractivity contribution in [1.29, 1.82) is 0 Å².